The molecule has 0 spiro atoms. The number of unbranched alkanes of at least 4 members (excludes halogenated alkanes) is 1. The largest absolute Gasteiger partial charge is 0.494 e. The number of rotatable bonds is 9. The van der Waals surface area contributed by atoms with Crippen molar-refractivity contribution in [2.45, 2.75) is 39.5 Å². The first-order valence-electron chi connectivity index (χ1n) is 8.84. The second-order valence-electron chi connectivity index (χ2n) is 6.26. The summed E-state index contributed by atoms with van der Waals surface area (Å²) in [5, 5.41) is 2.84. The Bertz CT molecular complexity index is 665. The fraction of sp³-hybridized carbons (Fsp3) is 0.381. The molecule has 0 atom stereocenters. The van der Waals surface area contributed by atoms with Crippen molar-refractivity contribution in [1.29, 1.82) is 0 Å². The summed E-state index contributed by atoms with van der Waals surface area (Å²) in [6, 6.07) is 15.2. The maximum absolute atomic E-state index is 12.1. The van der Waals surface area contributed by atoms with Gasteiger partial charge in [0, 0.05) is 5.69 Å². The van der Waals surface area contributed by atoms with Crippen molar-refractivity contribution in [3.05, 3.63) is 54.1 Å². The van der Waals surface area contributed by atoms with E-state index >= 15 is 0 Å². The normalized spacial score (nSPS) is 10.6. The Balaban J connectivity index is 1.84. The van der Waals surface area contributed by atoms with Crippen molar-refractivity contribution in [2.75, 3.05) is 18.5 Å². The van der Waals surface area contributed by atoms with Gasteiger partial charge in [0.25, 0.3) is 5.91 Å². The monoisotopic (exact) mass is 341 g/mol. The van der Waals surface area contributed by atoms with Gasteiger partial charge in [0.2, 0.25) is 0 Å². The van der Waals surface area contributed by atoms with Crippen LogP contribution in [0.5, 0.6) is 11.5 Å². The van der Waals surface area contributed by atoms with Crippen molar-refractivity contribution in [3.8, 4) is 11.5 Å². The van der Waals surface area contributed by atoms with Gasteiger partial charge in [0.15, 0.2) is 6.61 Å². The molecule has 0 fully saturated rings. The van der Waals surface area contributed by atoms with Gasteiger partial charge < -0.3 is 14.8 Å². The van der Waals surface area contributed by atoms with Crippen LogP contribution < -0.4 is 14.8 Å². The number of carbonyl (C=O) groups excluding carboxylic acids is 1. The number of carbonyl (C=O) groups is 1. The SMILES string of the molecule is CCCCOc1ccc(NC(=O)COc2ccccc2C(C)C)cc1. The van der Waals surface area contributed by atoms with Crippen molar-refractivity contribution in [2.24, 2.45) is 0 Å². The summed E-state index contributed by atoms with van der Waals surface area (Å²) >= 11 is 0. The highest BCUT2D eigenvalue weighted by molar-refractivity contribution is 5.91. The van der Waals surface area contributed by atoms with Gasteiger partial charge in [-0.3, -0.25) is 4.79 Å². The fourth-order valence-electron chi connectivity index (χ4n) is 2.40. The Morgan fingerprint density at radius 3 is 2.44 bits per heavy atom. The van der Waals surface area contributed by atoms with Gasteiger partial charge in [-0.15, -0.1) is 0 Å². The van der Waals surface area contributed by atoms with Gasteiger partial charge in [0.05, 0.1) is 6.61 Å². The molecule has 0 aromatic heterocycles. The Hall–Kier alpha value is -2.49. The quantitative estimate of drug-likeness (QED) is 0.652. The third kappa shape index (κ3) is 6.14. The zero-order chi connectivity index (χ0) is 18.1. The first-order chi connectivity index (χ1) is 12.1. The van der Waals surface area contributed by atoms with Gasteiger partial charge in [0.1, 0.15) is 11.5 Å². The van der Waals surface area contributed by atoms with Crippen LogP contribution >= 0.6 is 0 Å². The molecule has 0 saturated heterocycles. The smallest absolute Gasteiger partial charge is 0.262 e. The molecule has 0 aliphatic heterocycles. The zero-order valence-corrected chi connectivity index (χ0v) is 15.2. The molecule has 1 amide bonds. The molecule has 0 saturated carbocycles. The summed E-state index contributed by atoms with van der Waals surface area (Å²) in [6.45, 7) is 7.03. The van der Waals surface area contributed by atoms with Crippen LogP contribution in [-0.2, 0) is 4.79 Å². The molecule has 0 aliphatic carbocycles. The van der Waals surface area contributed by atoms with Gasteiger partial charge in [-0.05, 0) is 48.2 Å². The van der Waals surface area contributed by atoms with E-state index in [4.69, 9.17) is 9.47 Å². The molecule has 134 valence electrons. The van der Waals surface area contributed by atoms with E-state index in [0.717, 1.165) is 35.6 Å². The predicted molar refractivity (Wildman–Crippen MR) is 102 cm³/mol. The molecule has 2 aromatic rings. The van der Waals surface area contributed by atoms with Gasteiger partial charge in [-0.2, -0.15) is 0 Å². The molecular formula is C21H27NO3. The van der Waals surface area contributed by atoms with E-state index in [2.05, 4.69) is 26.1 Å². The van der Waals surface area contributed by atoms with E-state index in [1.807, 2.05) is 48.5 Å². The van der Waals surface area contributed by atoms with Crippen molar-refractivity contribution >= 4 is 11.6 Å². The number of para-hydroxylation sites is 1. The van der Waals surface area contributed by atoms with Gasteiger partial charge in [-0.1, -0.05) is 45.4 Å². The summed E-state index contributed by atoms with van der Waals surface area (Å²) in [5.41, 5.74) is 1.83. The predicted octanol–water partition coefficient (Wildman–Crippen LogP) is 5.01. The lowest BCUT2D eigenvalue weighted by molar-refractivity contribution is -0.118. The zero-order valence-electron chi connectivity index (χ0n) is 15.2. The Morgan fingerprint density at radius 1 is 1.04 bits per heavy atom. The van der Waals surface area contributed by atoms with E-state index < -0.39 is 0 Å². The molecule has 0 heterocycles. The van der Waals surface area contributed by atoms with Crippen molar-refractivity contribution < 1.29 is 14.3 Å². The van der Waals surface area contributed by atoms with Gasteiger partial charge in [-0.25, -0.2) is 0 Å². The number of hydrogen-bond acceptors (Lipinski definition) is 3. The Morgan fingerprint density at radius 2 is 1.76 bits per heavy atom. The Labute approximate surface area is 150 Å². The van der Waals surface area contributed by atoms with E-state index in [1.54, 1.807) is 0 Å². The molecular weight excluding hydrogens is 314 g/mol. The van der Waals surface area contributed by atoms with Crippen LogP contribution in [0.1, 0.15) is 45.1 Å². The number of anilines is 1. The van der Waals surface area contributed by atoms with E-state index in [9.17, 15) is 4.79 Å². The molecule has 4 nitrogen and oxygen atoms in total. The number of benzene rings is 2. The van der Waals surface area contributed by atoms with Crippen LogP contribution in [0.3, 0.4) is 0 Å². The van der Waals surface area contributed by atoms with Crippen LogP contribution in [0.25, 0.3) is 0 Å². The van der Waals surface area contributed by atoms with Crippen LogP contribution in [0.15, 0.2) is 48.5 Å². The van der Waals surface area contributed by atoms with Crippen LogP contribution in [0, 0.1) is 0 Å². The fourth-order valence-corrected chi connectivity index (χ4v) is 2.40. The minimum Gasteiger partial charge on any atom is -0.494 e. The van der Waals surface area contributed by atoms with E-state index in [1.165, 1.54) is 0 Å². The summed E-state index contributed by atoms with van der Waals surface area (Å²) in [6.07, 6.45) is 2.14. The van der Waals surface area contributed by atoms with Crippen LogP contribution in [0.2, 0.25) is 0 Å². The maximum atomic E-state index is 12.1. The lowest BCUT2D eigenvalue weighted by Crippen LogP contribution is -2.20. The third-order valence-electron chi connectivity index (χ3n) is 3.80. The minimum absolute atomic E-state index is 0.0154. The third-order valence-corrected chi connectivity index (χ3v) is 3.80. The van der Waals surface area contributed by atoms with Crippen molar-refractivity contribution in [3.63, 3.8) is 0 Å². The second kappa shape index (κ2) is 9.72. The van der Waals surface area contributed by atoms with Crippen LogP contribution in [-0.4, -0.2) is 19.1 Å². The number of ether oxygens (including phenoxy) is 2. The molecule has 0 aliphatic rings. The molecule has 25 heavy (non-hydrogen) atoms. The Kier molecular flexibility index (Phi) is 7.33. The first-order valence-corrected chi connectivity index (χ1v) is 8.84. The summed E-state index contributed by atoms with van der Waals surface area (Å²) in [4.78, 5) is 12.1. The highest BCUT2D eigenvalue weighted by Crippen LogP contribution is 2.25. The average Bonchev–Trinajstić information content (AvgIpc) is 2.62. The van der Waals surface area contributed by atoms with Crippen LogP contribution in [0.4, 0.5) is 5.69 Å². The minimum atomic E-state index is -0.182. The molecule has 1 N–H and O–H groups in total. The first kappa shape index (κ1) is 18.8. The number of amides is 1. The molecule has 2 rings (SSSR count). The average molecular weight is 341 g/mol. The molecule has 0 bridgehead atoms. The second-order valence-corrected chi connectivity index (χ2v) is 6.26. The lowest BCUT2D eigenvalue weighted by Gasteiger charge is -2.14. The highest BCUT2D eigenvalue weighted by Gasteiger charge is 2.09. The topological polar surface area (TPSA) is 47.6 Å². The molecule has 0 unspecified atom stereocenters. The molecule has 2 aromatic carbocycles. The van der Waals surface area contributed by atoms with E-state index in [0.29, 0.717) is 12.5 Å². The number of nitrogens with one attached hydrogen (secondary N) is 1. The molecule has 4 heteroatoms. The lowest BCUT2D eigenvalue weighted by atomic mass is 10.0. The summed E-state index contributed by atoms with van der Waals surface area (Å²) in [7, 11) is 0. The van der Waals surface area contributed by atoms with Gasteiger partial charge >= 0.3 is 0 Å². The summed E-state index contributed by atoms with van der Waals surface area (Å²) < 4.78 is 11.3. The van der Waals surface area contributed by atoms with Crippen molar-refractivity contribution in [1.82, 2.24) is 0 Å². The maximum Gasteiger partial charge on any atom is 0.262 e. The number of hydrogen-bond donors (Lipinski definition) is 1. The highest BCUT2D eigenvalue weighted by atomic mass is 16.5. The summed E-state index contributed by atoms with van der Waals surface area (Å²) in [5.74, 6) is 1.73. The standard InChI is InChI=1S/C21H27NO3/c1-4-5-14-24-18-12-10-17(11-13-18)22-21(23)15-25-20-9-7-6-8-19(20)16(2)3/h6-13,16H,4-5,14-15H2,1-3H3,(H,22,23). The molecule has 0 radical (unpaired) electrons. The van der Waals surface area contributed by atoms with E-state index in [-0.39, 0.29) is 12.5 Å².